The third kappa shape index (κ3) is 3.30. The number of nitrogens with zero attached hydrogens (tertiary/aromatic N) is 1. The number of methoxy groups -OCH3 is 1. The Bertz CT molecular complexity index is 1250. The van der Waals surface area contributed by atoms with E-state index in [0.717, 1.165) is 16.2 Å². The first kappa shape index (κ1) is 18.9. The molecule has 0 aliphatic carbocycles. The molecule has 3 amide bonds. The predicted octanol–water partition coefficient (Wildman–Crippen LogP) is 4.17. The van der Waals surface area contributed by atoms with Gasteiger partial charge >= 0.3 is 0 Å². The molecule has 0 radical (unpaired) electrons. The van der Waals surface area contributed by atoms with Crippen molar-refractivity contribution < 1.29 is 23.9 Å². The van der Waals surface area contributed by atoms with Gasteiger partial charge in [0, 0.05) is 24.2 Å². The van der Waals surface area contributed by atoms with E-state index in [9.17, 15) is 14.4 Å². The minimum absolute atomic E-state index is 0.0241. The van der Waals surface area contributed by atoms with Crippen molar-refractivity contribution in [1.82, 2.24) is 0 Å². The van der Waals surface area contributed by atoms with Gasteiger partial charge in [-0.25, -0.2) is 4.90 Å². The third-order valence-electron chi connectivity index (χ3n) is 5.38. The van der Waals surface area contributed by atoms with Crippen LogP contribution in [0.15, 0.2) is 60.7 Å². The van der Waals surface area contributed by atoms with Crippen LogP contribution in [0.3, 0.4) is 0 Å². The zero-order valence-corrected chi connectivity index (χ0v) is 16.7. The molecule has 0 aromatic heterocycles. The highest BCUT2D eigenvalue weighted by Gasteiger charge is 2.37. The Morgan fingerprint density at radius 3 is 2.42 bits per heavy atom. The van der Waals surface area contributed by atoms with Crippen molar-refractivity contribution in [3.05, 3.63) is 77.4 Å². The summed E-state index contributed by atoms with van der Waals surface area (Å²) in [5.74, 6) is 0.672. The summed E-state index contributed by atoms with van der Waals surface area (Å²) in [6.07, 6.45) is 1.16. The second-order valence-electron chi connectivity index (χ2n) is 7.32. The monoisotopic (exact) mass is 414 g/mol. The number of imide groups is 1. The van der Waals surface area contributed by atoms with Gasteiger partial charge in [-0.15, -0.1) is 0 Å². The number of hydrogen-bond acceptors (Lipinski definition) is 5. The molecule has 154 valence electrons. The van der Waals surface area contributed by atoms with Crippen LogP contribution < -0.4 is 19.7 Å². The fourth-order valence-electron chi connectivity index (χ4n) is 3.82. The van der Waals surface area contributed by atoms with Gasteiger partial charge in [0.2, 0.25) is 5.91 Å². The first-order chi connectivity index (χ1) is 15.0. The average Bonchev–Trinajstić information content (AvgIpc) is 3.03. The van der Waals surface area contributed by atoms with E-state index < -0.39 is 11.8 Å². The predicted molar refractivity (Wildman–Crippen MR) is 114 cm³/mol. The molecule has 7 heteroatoms. The summed E-state index contributed by atoms with van der Waals surface area (Å²) in [5, 5.41) is 2.84. The molecule has 5 rings (SSSR count). The van der Waals surface area contributed by atoms with E-state index in [1.807, 2.05) is 12.1 Å². The number of fused-ring (bicyclic) bond motifs is 2. The van der Waals surface area contributed by atoms with E-state index in [2.05, 4.69) is 5.32 Å². The molecule has 0 saturated heterocycles. The van der Waals surface area contributed by atoms with Gasteiger partial charge in [-0.3, -0.25) is 14.4 Å². The molecule has 0 saturated carbocycles. The summed E-state index contributed by atoms with van der Waals surface area (Å²) >= 11 is 0. The number of aryl methyl sites for hydroxylation is 1. The highest BCUT2D eigenvalue weighted by Crippen LogP contribution is 2.35. The van der Waals surface area contributed by atoms with Gasteiger partial charge < -0.3 is 14.8 Å². The van der Waals surface area contributed by atoms with E-state index >= 15 is 0 Å². The SMILES string of the molecule is COc1cccc(N2C(=O)c3ccc(Oc4ccc5c(c4)NC(=O)CC5)cc3C2=O)c1. The number of nitrogens with one attached hydrogen (secondary N) is 1. The third-order valence-corrected chi connectivity index (χ3v) is 5.38. The lowest BCUT2D eigenvalue weighted by atomic mass is 10.0. The molecule has 2 aliphatic rings. The van der Waals surface area contributed by atoms with Crippen molar-refractivity contribution in [3.63, 3.8) is 0 Å². The first-order valence-corrected chi connectivity index (χ1v) is 9.81. The molecule has 7 nitrogen and oxygen atoms in total. The Balaban J connectivity index is 1.43. The molecule has 3 aromatic carbocycles. The molecule has 2 aliphatic heterocycles. The summed E-state index contributed by atoms with van der Waals surface area (Å²) in [6, 6.07) is 17.1. The summed E-state index contributed by atoms with van der Waals surface area (Å²) < 4.78 is 11.1. The highest BCUT2D eigenvalue weighted by atomic mass is 16.5. The van der Waals surface area contributed by atoms with Crippen LogP contribution in [0.2, 0.25) is 0 Å². The fraction of sp³-hybridized carbons (Fsp3) is 0.125. The van der Waals surface area contributed by atoms with Crippen LogP contribution in [0.25, 0.3) is 0 Å². The maximum absolute atomic E-state index is 13.0. The lowest BCUT2D eigenvalue weighted by Gasteiger charge is -2.17. The van der Waals surface area contributed by atoms with Gasteiger partial charge in [0.05, 0.1) is 23.9 Å². The molecule has 0 fully saturated rings. The highest BCUT2D eigenvalue weighted by molar-refractivity contribution is 6.34. The minimum atomic E-state index is -0.420. The molecule has 1 N–H and O–H groups in total. The maximum atomic E-state index is 13.0. The van der Waals surface area contributed by atoms with Crippen LogP contribution >= 0.6 is 0 Å². The number of amides is 3. The Morgan fingerprint density at radius 2 is 1.58 bits per heavy atom. The van der Waals surface area contributed by atoms with Gasteiger partial charge in [0.15, 0.2) is 0 Å². The summed E-state index contributed by atoms with van der Waals surface area (Å²) in [4.78, 5) is 38.6. The fourth-order valence-corrected chi connectivity index (χ4v) is 3.82. The van der Waals surface area contributed by atoms with Crippen LogP contribution in [0.1, 0.15) is 32.7 Å². The van der Waals surface area contributed by atoms with Gasteiger partial charge in [-0.1, -0.05) is 12.1 Å². The average molecular weight is 414 g/mol. The Kier molecular flexibility index (Phi) is 4.43. The van der Waals surface area contributed by atoms with Crippen molar-refractivity contribution in [3.8, 4) is 17.2 Å². The molecule has 0 unspecified atom stereocenters. The summed E-state index contributed by atoms with van der Waals surface area (Å²) in [5.41, 5.74) is 2.81. The van der Waals surface area contributed by atoms with E-state index in [0.29, 0.717) is 41.3 Å². The number of anilines is 2. The number of ether oxygens (including phenoxy) is 2. The lowest BCUT2D eigenvalue weighted by molar-refractivity contribution is -0.116. The standard InChI is InChI=1S/C24H18N2O5/c1-30-16-4-2-3-15(11-16)26-23(28)19-9-8-17(12-20(19)24(26)29)31-18-7-5-14-6-10-22(27)25-21(14)13-18/h2-5,7-9,11-13H,6,10H2,1H3,(H,25,27). The van der Waals surface area contributed by atoms with Crippen LogP contribution in [-0.4, -0.2) is 24.8 Å². The molecule has 31 heavy (non-hydrogen) atoms. The van der Waals surface area contributed by atoms with Crippen molar-refractivity contribution in [2.75, 3.05) is 17.3 Å². The number of carbonyl (C=O) groups excluding carboxylic acids is 3. The second kappa shape index (κ2) is 7.28. The smallest absolute Gasteiger partial charge is 0.266 e. The summed E-state index contributed by atoms with van der Waals surface area (Å²) in [6.45, 7) is 0. The van der Waals surface area contributed by atoms with Gasteiger partial charge in [-0.2, -0.15) is 0 Å². The largest absolute Gasteiger partial charge is 0.497 e. The number of hydrogen-bond donors (Lipinski definition) is 1. The van der Waals surface area contributed by atoms with Gasteiger partial charge in [-0.05, 0) is 48.4 Å². The first-order valence-electron chi connectivity index (χ1n) is 9.81. The van der Waals surface area contributed by atoms with E-state index in [-0.39, 0.29) is 11.5 Å². The van der Waals surface area contributed by atoms with Gasteiger partial charge in [0.25, 0.3) is 11.8 Å². The van der Waals surface area contributed by atoms with Crippen molar-refractivity contribution in [1.29, 1.82) is 0 Å². The second-order valence-corrected chi connectivity index (χ2v) is 7.32. The van der Waals surface area contributed by atoms with E-state index in [1.54, 1.807) is 48.5 Å². The molecule has 2 heterocycles. The molecular weight excluding hydrogens is 396 g/mol. The topological polar surface area (TPSA) is 84.9 Å². The van der Waals surface area contributed by atoms with Crippen molar-refractivity contribution in [2.24, 2.45) is 0 Å². The number of carbonyl (C=O) groups is 3. The molecule has 0 spiro atoms. The van der Waals surface area contributed by atoms with Crippen LogP contribution in [0.5, 0.6) is 17.2 Å². The zero-order valence-electron chi connectivity index (χ0n) is 16.7. The Morgan fingerprint density at radius 1 is 0.806 bits per heavy atom. The van der Waals surface area contributed by atoms with Crippen LogP contribution in [0.4, 0.5) is 11.4 Å². The molecule has 0 bridgehead atoms. The lowest BCUT2D eigenvalue weighted by Crippen LogP contribution is -2.29. The molecule has 0 atom stereocenters. The van der Waals surface area contributed by atoms with E-state index in [4.69, 9.17) is 9.47 Å². The molecule has 3 aromatic rings. The van der Waals surface area contributed by atoms with E-state index in [1.165, 1.54) is 7.11 Å². The maximum Gasteiger partial charge on any atom is 0.266 e. The normalized spacial score (nSPS) is 14.7. The van der Waals surface area contributed by atoms with Crippen LogP contribution in [-0.2, 0) is 11.2 Å². The van der Waals surface area contributed by atoms with Gasteiger partial charge in [0.1, 0.15) is 17.2 Å². The zero-order chi connectivity index (χ0) is 21.5. The Labute approximate surface area is 178 Å². The van der Waals surface area contributed by atoms with Crippen molar-refractivity contribution >= 4 is 29.1 Å². The Hall–Kier alpha value is -4.13. The molecular formula is C24H18N2O5. The number of rotatable bonds is 4. The van der Waals surface area contributed by atoms with Crippen LogP contribution in [0, 0.1) is 0 Å². The summed E-state index contributed by atoms with van der Waals surface area (Å²) in [7, 11) is 1.53. The minimum Gasteiger partial charge on any atom is -0.497 e. The quantitative estimate of drug-likeness (QED) is 0.648. The van der Waals surface area contributed by atoms with Crippen molar-refractivity contribution in [2.45, 2.75) is 12.8 Å². The number of benzene rings is 3.